The van der Waals surface area contributed by atoms with E-state index in [0.29, 0.717) is 18.4 Å². The summed E-state index contributed by atoms with van der Waals surface area (Å²) in [5, 5.41) is 0. The van der Waals surface area contributed by atoms with Crippen molar-refractivity contribution >= 4 is 17.4 Å². The maximum absolute atomic E-state index is 5.94. The number of anilines is 1. The fraction of sp³-hybridized carbons (Fsp3) is 0.667. The molecule has 0 bridgehead atoms. The van der Waals surface area contributed by atoms with E-state index >= 15 is 0 Å². The second kappa shape index (κ2) is 6.05. The van der Waals surface area contributed by atoms with Crippen molar-refractivity contribution in [3.8, 4) is 5.88 Å². The van der Waals surface area contributed by atoms with Gasteiger partial charge in [-0.2, -0.15) is 4.98 Å². The zero-order valence-corrected chi connectivity index (χ0v) is 11.7. The molecule has 0 N–H and O–H groups in total. The average molecular weight is 258 g/mol. The molecule has 0 fully saturated rings. The third-order valence-electron chi connectivity index (χ3n) is 2.63. The number of hydrogen-bond acceptors (Lipinski definition) is 4. The molecule has 0 aliphatic carbocycles. The number of rotatable bonds is 6. The number of halogens is 1. The standard InChI is InChI=1S/C12H20ClN3O/c1-5-6-17-11-8-14-7-10(15-11)16(4)12(2,3)9-13/h7-8H,5-6,9H2,1-4H3. The Morgan fingerprint density at radius 1 is 1.41 bits per heavy atom. The lowest BCUT2D eigenvalue weighted by atomic mass is 10.1. The van der Waals surface area contributed by atoms with E-state index in [1.165, 1.54) is 0 Å². The van der Waals surface area contributed by atoms with Crippen molar-refractivity contribution in [1.29, 1.82) is 0 Å². The van der Waals surface area contributed by atoms with Gasteiger partial charge in [0.2, 0.25) is 5.88 Å². The minimum Gasteiger partial charge on any atom is -0.477 e. The molecule has 1 aromatic rings. The van der Waals surface area contributed by atoms with Crippen molar-refractivity contribution in [2.75, 3.05) is 24.4 Å². The molecule has 0 spiro atoms. The lowest BCUT2D eigenvalue weighted by Gasteiger charge is -2.34. The highest BCUT2D eigenvalue weighted by Crippen LogP contribution is 2.22. The van der Waals surface area contributed by atoms with Crippen molar-refractivity contribution < 1.29 is 4.74 Å². The zero-order valence-electron chi connectivity index (χ0n) is 10.9. The van der Waals surface area contributed by atoms with E-state index in [9.17, 15) is 0 Å². The van der Waals surface area contributed by atoms with E-state index in [1.807, 2.05) is 11.9 Å². The van der Waals surface area contributed by atoms with Crippen LogP contribution in [-0.2, 0) is 0 Å². The smallest absolute Gasteiger partial charge is 0.234 e. The predicted molar refractivity (Wildman–Crippen MR) is 71.0 cm³/mol. The second-order valence-electron chi connectivity index (χ2n) is 4.57. The molecule has 5 heteroatoms. The molecule has 0 amide bonds. The summed E-state index contributed by atoms with van der Waals surface area (Å²) in [7, 11) is 1.95. The average Bonchev–Trinajstić information content (AvgIpc) is 2.35. The van der Waals surface area contributed by atoms with Gasteiger partial charge in [0.1, 0.15) is 0 Å². The highest BCUT2D eigenvalue weighted by molar-refractivity contribution is 6.18. The van der Waals surface area contributed by atoms with Gasteiger partial charge in [-0.25, -0.2) is 0 Å². The predicted octanol–water partition coefficient (Wildman–Crippen LogP) is 2.72. The van der Waals surface area contributed by atoms with Gasteiger partial charge in [-0.1, -0.05) is 6.92 Å². The molecule has 17 heavy (non-hydrogen) atoms. The summed E-state index contributed by atoms with van der Waals surface area (Å²) in [5.74, 6) is 1.84. The summed E-state index contributed by atoms with van der Waals surface area (Å²) in [6.07, 6.45) is 4.29. The quantitative estimate of drug-likeness (QED) is 0.735. The molecular weight excluding hydrogens is 238 g/mol. The van der Waals surface area contributed by atoms with Gasteiger partial charge in [0.25, 0.3) is 0 Å². The van der Waals surface area contributed by atoms with Gasteiger partial charge >= 0.3 is 0 Å². The Balaban J connectivity index is 2.84. The minimum absolute atomic E-state index is 0.167. The van der Waals surface area contributed by atoms with Crippen molar-refractivity contribution in [3.05, 3.63) is 12.4 Å². The summed E-state index contributed by atoms with van der Waals surface area (Å²) in [6.45, 7) is 6.82. The summed E-state index contributed by atoms with van der Waals surface area (Å²) in [4.78, 5) is 10.5. The molecule has 0 aliphatic rings. The van der Waals surface area contributed by atoms with Gasteiger partial charge in [-0.15, -0.1) is 11.6 Å². The third-order valence-corrected chi connectivity index (χ3v) is 3.29. The van der Waals surface area contributed by atoms with E-state index in [-0.39, 0.29) is 5.54 Å². The fourth-order valence-electron chi connectivity index (χ4n) is 1.18. The lowest BCUT2D eigenvalue weighted by Crippen LogP contribution is -2.43. The SMILES string of the molecule is CCCOc1cncc(N(C)C(C)(C)CCl)n1. The molecule has 1 rings (SSSR count). The van der Waals surface area contributed by atoms with E-state index in [2.05, 4.69) is 30.7 Å². The largest absolute Gasteiger partial charge is 0.477 e. The van der Waals surface area contributed by atoms with Crippen LogP contribution >= 0.6 is 11.6 Å². The molecule has 96 valence electrons. The Morgan fingerprint density at radius 2 is 2.12 bits per heavy atom. The van der Waals surface area contributed by atoms with Crippen molar-refractivity contribution in [2.45, 2.75) is 32.7 Å². The first-order valence-corrected chi connectivity index (χ1v) is 6.29. The second-order valence-corrected chi connectivity index (χ2v) is 4.84. The Labute approximate surface area is 108 Å². The Morgan fingerprint density at radius 3 is 2.71 bits per heavy atom. The number of aromatic nitrogens is 2. The van der Waals surface area contributed by atoms with Gasteiger partial charge in [0.05, 0.1) is 19.0 Å². The molecule has 1 aromatic heterocycles. The van der Waals surface area contributed by atoms with E-state index in [4.69, 9.17) is 16.3 Å². The van der Waals surface area contributed by atoms with Crippen LogP contribution in [0.4, 0.5) is 5.82 Å². The third kappa shape index (κ3) is 3.73. The molecule has 0 aliphatic heterocycles. The van der Waals surface area contributed by atoms with Crippen LogP contribution in [0.1, 0.15) is 27.2 Å². The van der Waals surface area contributed by atoms with Gasteiger partial charge < -0.3 is 9.64 Å². The van der Waals surface area contributed by atoms with Gasteiger partial charge in [-0.3, -0.25) is 4.98 Å². The van der Waals surface area contributed by atoms with Gasteiger partial charge in [0.15, 0.2) is 5.82 Å². The number of nitrogens with zero attached hydrogens (tertiary/aromatic N) is 3. The first-order valence-electron chi connectivity index (χ1n) is 5.76. The van der Waals surface area contributed by atoms with Crippen LogP contribution in [0.3, 0.4) is 0 Å². The first kappa shape index (κ1) is 14.0. The molecule has 1 heterocycles. The maximum atomic E-state index is 5.94. The monoisotopic (exact) mass is 257 g/mol. The molecule has 0 atom stereocenters. The van der Waals surface area contributed by atoms with Crippen LogP contribution < -0.4 is 9.64 Å². The van der Waals surface area contributed by atoms with Crippen LogP contribution in [-0.4, -0.2) is 35.0 Å². The summed E-state index contributed by atoms with van der Waals surface area (Å²) in [6, 6.07) is 0. The zero-order chi connectivity index (χ0) is 12.9. The van der Waals surface area contributed by atoms with E-state index in [0.717, 1.165) is 12.2 Å². The number of alkyl halides is 1. The Bertz CT molecular complexity index is 357. The van der Waals surface area contributed by atoms with Crippen LogP contribution in [0.15, 0.2) is 12.4 Å². The highest BCUT2D eigenvalue weighted by atomic mass is 35.5. The van der Waals surface area contributed by atoms with E-state index in [1.54, 1.807) is 12.4 Å². The van der Waals surface area contributed by atoms with Crippen LogP contribution in [0, 0.1) is 0 Å². The molecule has 0 aromatic carbocycles. The van der Waals surface area contributed by atoms with Crippen molar-refractivity contribution in [2.24, 2.45) is 0 Å². The molecule has 0 unspecified atom stereocenters. The topological polar surface area (TPSA) is 38.2 Å². The summed E-state index contributed by atoms with van der Waals surface area (Å²) in [5.41, 5.74) is -0.167. The molecule has 4 nitrogen and oxygen atoms in total. The molecule has 0 radical (unpaired) electrons. The number of ether oxygens (including phenoxy) is 1. The fourth-order valence-corrected chi connectivity index (χ4v) is 1.36. The van der Waals surface area contributed by atoms with Crippen molar-refractivity contribution in [1.82, 2.24) is 9.97 Å². The first-order chi connectivity index (χ1) is 8.01. The van der Waals surface area contributed by atoms with E-state index < -0.39 is 0 Å². The number of hydrogen-bond donors (Lipinski definition) is 0. The normalized spacial score (nSPS) is 11.4. The van der Waals surface area contributed by atoms with Gasteiger partial charge in [0, 0.05) is 18.5 Å². The summed E-state index contributed by atoms with van der Waals surface area (Å²) < 4.78 is 5.46. The van der Waals surface area contributed by atoms with Crippen LogP contribution in [0.5, 0.6) is 5.88 Å². The maximum Gasteiger partial charge on any atom is 0.234 e. The Hall–Kier alpha value is -1.03. The van der Waals surface area contributed by atoms with Gasteiger partial charge in [-0.05, 0) is 20.3 Å². The summed E-state index contributed by atoms with van der Waals surface area (Å²) >= 11 is 5.94. The van der Waals surface area contributed by atoms with Crippen LogP contribution in [0.2, 0.25) is 0 Å². The lowest BCUT2D eigenvalue weighted by molar-refractivity contribution is 0.303. The molecule has 0 saturated heterocycles. The molecule has 0 saturated carbocycles. The Kier molecular flexibility index (Phi) is 5.00. The minimum atomic E-state index is -0.167. The van der Waals surface area contributed by atoms with Crippen LogP contribution in [0.25, 0.3) is 0 Å². The van der Waals surface area contributed by atoms with Crippen molar-refractivity contribution in [3.63, 3.8) is 0 Å². The molecular formula is C12H20ClN3O. The highest BCUT2D eigenvalue weighted by Gasteiger charge is 2.24.